The normalized spacial score (nSPS) is 9.88. The number of ether oxygens (including phenoxy) is 3. The molecule has 0 heterocycles. The minimum Gasteiger partial charge on any atom is -0.497 e. The van der Waals surface area contributed by atoms with Crippen LogP contribution in [0.2, 0.25) is 0 Å². The molecule has 2 aromatic rings. The van der Waals surface area contributed by atoms with Crippen molar-refractivity contribution >= 4 is 23.5 Å². The average Bonchev–Trinajstić information content (AvgIpc) is 2.54. The van der Waals surface area contributed by atoms with Gasteiger partial charge in [0, 0.05) is 31.2 Å². The van der Waals surface area contributed by atoms with Crippen LogP contribution < -0.4 is 19.5 Å². The Balaban J connectivity index is 2.26. The van der Waals surface area contributed by atoms with Crippen molar-refractivity contribution in [2.24, 2.45) is 0 Å². The molecule has 0 atom stereocenters. The van der Waals surface area contributed by atoms with Gasteiger partial charge in [-0.2, -0.15) is 0 Å². The zero-order chi connectivity index (χ0) is 18.4. The van der Waals surface area contributed by atoms with E-state index < -0.39 is 17.8 Å². The second-order valence-corrected chi connectivity index (χ2v) is 5.06. The van der Waals surface area contributed by atoms with E-state index in [0.717, 1.165) is 0 Å². The number of benzene rings is 2. The van der Waals surface area contributed by atoms with E-state index in [0.29, 0.717) is 11.4 Å². The van der Waals surface area contributed by atoms with E-state index in [-0.39, 0.29) is 17.1 Å². The van der Waals surface area contributed by atoms with Crippen LogP contribution >= 0.6 is 0 Å². The van der Waals surface area contributed by atoms with Gasteiger partial charge in [-0.3, -0.25) is 14.4 Å². The molecular formula is C18H17NO6. The second kappa shape index (κ2) is 7.96. The van der Waals surface area contributed by atoms with Gasteiger partial charge < -0.3 is 19.5 Å². The molecule has 2 rings (SSSR count). The average molecular weight is 343 g/mol. The fraction of sp³-hybridized carbons (Fsp3) is 0.167. The van der Waals surface area contributed by atoms with Crippen molar-refractivity contribution in [2.45, 2.75) is 13.8 Å². The summed E-state index contributed by atoms with van der Waals surface area (Å²) in [5.41, 5.74) is 0.726. The Morgan fingerprint density at radius 2 is 1.32 bits per heavy atom. The quantitative estimate of drug-likeness (QED) is 0.663. The number of anilines is 1. The second-order valence-electron chi connectivity index (χ2n) is 5.06. The molecule has 130 valence electrons. The molecule has 1 amide bonds. The smallest absolute Gasteiger partial charge is 0.308 e. The van der Waals surface area contributed by atoms with E-state index in [1.54, 1.807) is 31.4 Å². The Bertz CT molecular complexity index is 763. The third-order valence-corrected chi connectivity index (χ3v) is 3.01. The van der Waals surface area contributed by atoms with Crippen LogP contribution in [0.3, 0.4) is 0 Å². The van der Waals surface area contributed by atoms with Gasteiger partial charge in [-0.25, -0.2) is 0 Å². The monoisotopic (exact) mass is 343 g/mol. The summed E-state index contributed by atoms with van der Waals surface area (Å²) in [5, 5.41) is 2.70. The third kappa shape index (κ3) is 5.35. The highest BCUT2D eigenvalue weighted by Gasteiger charge is 2.13. The number of esters is 2. The topological polar surface area (TPSA) is 90.9 Å². The number of nitrogens with one attached hydrogen (secondary N) is 1. The third-order valence-electron chi connectivity index (χ3n) is 3.01. The summed E-state index contributed by atoms with van der Waals surface area (Å²) < 4.78 is 15.0. The summed E-state index contributed by atoms with van der Waals surface area (Å²) in [6, 6.07) is 10.9. The molecule has 0 unspecified atom stereocenters. The molecule has 0 aromatic heterocycles. The number of hydrogen-bond donors (Lipinski definition) is 1. The Labute approximate surface area is 144 Å². The molecule has 0 fully saturated rings. The van der Waals surface area contributed by atoms with E-state index in [1.165, 1.54) is 32.0 Å². The molecule has 7 heteroatoms. The molecular weight excluding hydrogens is 326 g/mol. The molecule has 25 heavy (non-hydrogen) atoms. The summed E-state index contributed by atoms with van der Waals surface area (Å²) in [7, 11) is 1.55. The maximum Gasteiger partial charge on any atom is 0.308 e. The van der Waals surface area contributed by atoms with Crippen LogP contribution in [-0.2, 0) is 9.59 Å². The van der Waals surface area contributed by atoms with Crippen molar-refractivity contribution in [1.29, 1.82) is 0 Å². The molecule has 0 bridgehead atoms. The first-order valence-corrected chi connectivity index (χ1v) is 7.34. The minimum absolute atomic E-state index is 0.103. The minimum atomic E-state index is -0.554. The Kier molecular flexibility index (Phi) is 5.73. The van der Waals surface area contributed by atoms with E-state index in [1.807, 2.05) is 0 Å². The van der Waals surface area contributed by atoms with Gasteiger partial charge in [-0.05, 0) is 36.4 Å². The molecule has 1 N–H and O–H groups in total. The van der Waals surface area contributed by atoms with Gasteiger partial charge in [-0.1, -0.05) is 0 Å². The lowest BCUT2D eigenvalue weighted by Crippen LogP contribution is -2.13. The number of carbonyl (C=O) groups excluding carboxylic acids is 3. The highest BCUT2D eigenvalue weighted by atomic mass is 16.5. The highest BCUT2D eigenvalue weighted by molar-refractivity contribution is 6.05. The van der Waals surface area contributed by atoms with E-state index in [9.17, 15) is 14.4 Å². The molecule has 0 spiro atoms. The first kappa shape index (κ1) is 18.0. The van der Waals surface area contributed by atoms with Crippen LogP contribution in [0.1, 0.15) is 24.2 Å². The van der Waals surface area contributed by atoms with Crippen molar-refractivity contribution in [1.82, 2.24) is 0 Å². The number of methoxy groups -OCH3 is 1. The van der Waals surface area contributed by atoms with Crippen molar-refractivity contribution in [3.63, 3.8) is 0 Å². The fourth-order valence-corrected chi connectivity index (χ4v) is 2.03. The van der Waals surface area contributed by atoms with Crippen molar-refractivity contribution in [2.75, 3.05) is 12.4 Å². The lowest BCUT2D eigenvalue weighted by atomic mass is 10.1. The van der Waals surface area contributed by atoms with Crippen molar-refractivity contribution < 1.29 is 28.6 Å². The van der Waals surface area contributed by atoms with E-state index in [2.05, 4.69) is 5.32 Å². The molecule has 0 saturated carbocycles. The molecule has 7 nitrogen and oxygen atoms in total. The standard InChI is InChI=1S/C18H17NO6/c1-11(20)24-16-8-13(9-17(10-16)25-12(2)21)18(22)19-14-4-6-15(23-3)7-5-14/h4-10H,1-3H3,(H,19,22). The molecule has 0 saturated heterocycles. The highest BCUT2D eigenvalue weighted by Crippen LogP contribution is 2.24. The molecule has 0 aliphatic heterocycles. The lowest BCUT2D eigenvalue weighted by Gasteiger charge is -2.10. The van der Waals surface area contributed by atoms with E-state index in [4.69, 9.17) is 14.2 Å². The van der Waals surface area contributed by atoms with Gasteiger partial charge >= 0.3 is 11.9 Å². The number of carbonyl (C=O) groups is 3. The maximum absolute atomic E-state index is 12.4. The van der Waals surface area contributed by atoms with Gasteiger partial charge in [0.05, 0.1) is 7.11 Å². The molecule has 0 radical (unpaired) electrons. The largest absolute Gasteiger partial charge is 0.497 e. The van der Waals surface area contributed by atoms with Crippen molar-refractivity contribution in [3.05, 3.63) is 48.0 Å². The number of amides is 1. The van der Waals surface area contributed by atoms with Gasteiger partial charge in [0.2, 0.25) is 0 Å². The van der Waals surface area contributed by atoms with Crippen LogP contribution in [0.4, 0.5) is 5.69 Å². The van der Waals surface area contributed by atoms with Crippen LogP contribution in [0.5, 0.6) is 17.2 Å². The zero-order valence-corrected chi connectivity index (χ0v) is 14.0. The van der Waals surface area contributed by atoms with E-state index >= 15 is 0 Å². The zero-order valence-electron chi connectivity index (χ0n) is 14.0. The SMILES string of the molecule is COc1ccc(NC(=O)c2cc(OC(C)=O)cc(OC(C)=O)c2)cc1. The summed E-state index contributed by atoms with van der Waals surface area (Å²) >= 11 is 0. The van der Waals surface area contributed by atoms with Gasteiger partial charge in [0.25, 0.3) is 5.91 Å². The summed E-state index contributed by atoms with van der Waals surface area (Å²) in [5.74, 6) is -0.695. The molecule has 2 aromatic carbocycles. The van der Waals surface area contributed by atoms with Gasteiger partial charge in [-0.15, -0.1) is 0 Å². The fourth-order valence-electron chi connectivity index (χ4n) is 2.03. The van der Waals surface area contributed by atoms with Crippen LogP contribution in [0.25, 0.3) is 0 Å². The summed E-state index contributed by atoms with van der Waals surface area (Å²) in [4.78, 5) is 34.7. The predicted molar refractivity (Wildman–Crippen MR) is 90.0 cm³/mol. The maximum atomic E-state index is 12.4. The van der Waals surface area contributed by atoms with Crippen molar-refractivity contribution in [3.8, 4) is 17.2 Å². The van der Waals surface area contributed by atoms with Gasteiger partial charge in [0.1, 0.15) is 17.2 Å². The lowest BCUT2D eigenvalue weighted by molar-refractivity contribution is -0.132. The van der Waals surface area contributed by atoms with Crippen LogP contribution in [0.15, 0.2) is 42.5 Å². The summed E-state index contributed by atoms with van der Waals surface area (Å²) in [6.07, 6.45) is 0. The molecule has 0 aliphatic carbocycles. The van der Waals surface area contributed by atoms with Gasteiger partial charge in [0.15, 0.2) is 0 Å². The Morgan fingerprint density at radius 1 is 0.800 bits per heavy atom. The Hall–Kier alpha value is -3.35. The first-order valence-electron chi connectivity index (χ1n) is 7.34. The van der Waals surface area contributed by atoms with Crippen LogP contribution in [-0.4, -0.2) is 25.0 Å². The Morgan fingerprint density at radius 3 is 1.76 bits per heavy atom. The number of hydrogen-bond acceptors (Lipinski definition) is 6. The number of rotatable bonds is 5. The first-order chi connectivity index (χ1) is 11.9. The predicted octanol–water partition coefficient (Wildman–Crippen LogP) is 2.80. The van der Waals surface area contributed by atoms with Crippen LogP contribution in [0, 0.1) is 0 Å². The molecule has 0 aliphatic rings. The summed E-state index contributed by atoms with van der Waals surface area (Å²) in [6.45, 7) is 2.46.